The van der Waals surface area contributed by atoms with Gasteiger partial charge in [0.25, 0.3) is 5.91 Å². The van der Waals surface area contributed by atoms with Crippen LogP contribution in [0.25, 0.3) is 0 Å². The van der Waals surface area contributed by atoms with Gasteiger partial charge in [0.15, 0.2) is 0 Å². The van der Waals surface area contributed by atoms with Gasteiger partial charge in [0, 0.05) is 41.6 Å². The zero-order valence-corrected chi connectivity index (χ0v) is 23.1. The van der Waals surface area contributed by atoms with E-state index in [1.807, 2.05) is 6.92 Å². The summed E-state index contributed by atoms with van der Waals surface area (Å²) in [6.45, 7) is 12.8. The van der Waals surface area contributed by atoms with E-state index in [0.717, 1.165) is 12.8 Å². The van der Waals surface area contributed by atoms with Crippen LogP contribution < -0.4 is 4.90 Å². The molecule has 2 unspecified atom stereocenters. The van der Waals surface area contributed by atoms with Crippen molar-refractivity contribution < 1.29 is 19.5 Å². The molecule has 3 heterocycles. The molecule has 1 spiro atoms. The van der Waals surface area contributed by atoms with Crippen LogP contribution in [0, 0.1) is 11.8 Å². The van der Waals surface area contributed by atoms with Crippen LogP contribution in [-0.4, -0.2) is 80.9 Å². The third kappa shape index (κ3) is 4.51. The van der Waals surface area contributed by atoms with Gasteiger partial charge in [-0.2, -0.15) is 0 Å². The third-order valence-electron chi connectivity index (χ3n) is 7.99. The molecule has 1 aromatic rings. The van der Waals surface area contributed by atoms with Crippen LogP contribution in [0.1, 0.15) is 33.1 Å². The van der Waals surface area contributed by atoms with Gasteiger partial charge in [-0.25, -0.2) is 0 Å². The van der Waals surface area contributed by atoms with Crippen molar-refractivity contribution in [1.82, 2.24) is 9.80 Å². The molecule has 2 bridgehead atoms. The lowest BCUT2D eigenvalue weighted by molar-refractivity contribution is -0.145. The first-order chi connectivity index (χ1) is 17.7. The van der Waals surface area contributed by atoms with Crippen LogP contribution in [0.5, 0.6) is 0 Å². The molecule has 3 saturated heterocycles. The van der Waals surface area contributed by atoms with Gasteiger partial charge in [0.2, 0.25) is 11.8 Å². The molecule has 3 aliphatic rings. The summed E-state index contributed by atoms with van der Waals surface area (Å²) >= 11 is 7.72. The van der Waals surface area contributed by atoms with Crippen LogP contribution >= 0.6 is 23.4 Å². The van der Waals surface area contributed by atoms with Crippen molar-refractivity contribution in [2.75, 3.05) is 37.7 Å². The van der Waals surface area contributed by atoms with Gasteiger partial charge in [-0.1, -0.05) is 30.7 Å². The maximum atomic E-state index is 14.3. The molecule has 0 aliphatic carbocycles. The van der Waals surface area contributed by atoms with E-state index in [1.54, 1.807) is 58.0 Å². The molecule has 3 aliphatic heterocycles. The average molecular weight is 546 g/mol. The number of amides is 3. The minimum atomic E-state index is -0.795. The number of likely N-dealkylation sites (tertiary alicyclic amines) is 1. The molecule has 0 radical (unpaired) electrons. The number of carbonyl (C=O) groups is 3. The van der Waals surface area contributed by atoms with E-state index in [9.17, 15) is 19.5 Å². The van der Waals surface area contributed by atoms with Crippen molar-refractivity contribution in [2.24, 2.45) is 11.8 Å². The summed E-state index contributed by atoms with van der Waals surface area (Å²) in [5.74, 6) is -1.65. The molecule has 3 amide bonds. The Hall–Kier alpha value is -2.29. The van der Waals surface area contributed by atoms with Crippen LogP contribution in [0.15, 0.2) is 49.6 Å². The number of thioether (sulfide) groups is 1. The Balaban J connectivity index is 1.78. The molecule has 7 nitrogen and oxygen atoms in total. The second-order valence-electron chi connectivity index (χ2n) is 10.3. The lowest BCUT2D eigenvalue weighted by Crippen LogP contribution is -2.55. The second-order valence-corrected chi connectivity index (χ2v) is 12.6. The first-order valence-corrected chi connectivity index (χ1v) is 14.1. The highest BCUT2D eigenvalue weighted by Gasteiger charge is 2.77. The molecule has 4 rings (SSSR count). The van der Waals surface area contributed by atoms with E-state index in [0.29, 0.717) is 30.2 Å². The lowest BCUT2D eigenvalue weighted by Gasteiger charge is -2.38. The molecule has 1 aromatic carbocycles. The van der Waals surface area contributed by atoms with Gasteiger partial charge in [-0.05, 0) is 50.5 Å². The Morgan fingerprint density at radius 2 is 1.86 bits per heavy atom. The minimum absolute atomic E-state index is 0.0412. The Labute approximate surface area is 228 Å². The van der Waals surface area contributed by atoms with Crippen LogP contribution in [0.3, 0.4) is 0 Å². The highest BCUT2D eigenvalue weighted by molar-refractivity contribution is 8.02. The third-order valence-corrected chi connectivity index (χ3v) is 10.2. The molecule has 37 heavy (non-hydrogen) atoms. The maximum absolute atomic E-state index is 14.3. The molecule has 1 N–H and O–H groups in total. The zero-order valence-electron chi connectivity index (χ0n) is 21.6. The summed E-state index contributed by atoms with van der Waals surface area (Å²) in [4.78, 5) is 47.3. The van der Waals surface area contributed by atoms with E-state index in [2.05, 4.69) is 20.1 Å². The number of carbonyl (C=O) groups excluding carboxylic acids is 3. The summed E-state index contributed by atoms with van der Waals surface area (Å²) in [6, 6.07) is 6.20. The molecule has 200 valence electrons. The van der Waals surface area contributed by atoms with E-state index >= 15 is 0 Å². The molecule has 9 heteroatoms. The standard InChI is InChI=1S/C28H36ClN3O4S/c1-5-14-30(15-6-2)24(34)21-22-25(35)32(17-18-33)23(28(22)13-12-27(21,4)37-28)26(36)31(16-7-3)20-10-8-19(29)9-11-20/h5,7-11,21-23,33H,1,3,6,12-18H2,2,4H3/t21-,22+,23?,27+,28?/m1/s1. The summed E-state index contributed by atoms with van der Waals surface area (Å²) < 4.78 is -1.19. The predicted molar refractivity (Wildman–Crippen MR) is 149 cm³/mol. The fourth-order valence-corrected chi connectivity index (χ4v) is 9.03. The number of hydrogen-bond acceptors (Lipinski definition) is 5. The number of β-amino-alcohol motifs (C(OH)–C–C–N with tert-alkyl or cyclic N) is 1. The van der Waals surface area contributed by atoms with Crippen molar-refractivity contribution >= 4 is 46.8 Å². The summed E-state index contributed by atoms with van der Waals surface area (Å²) in [6.07, 6.45) is 5.57. The van der Waals surface area contributed by atoms with Crippen molar-refractivity contribution in [1.29, 1.82) is 0 Å². The Morgan fingerprint density at radius 1 is 1.19 bits per heavy atom. The van der Waals surface area contributed by atoms with Gasteiger partial charge in [0.1, 0.15) is 6.04 Å². The quantitative estimate of drug-likeness (QED) is 0.428. The average Bonchev–Trinajstić information content (AvgIpc) is 3.43. The van der Waals surface area contributed by atoms with Gasteiger partial charge in [-0.15, -0.1) is 24.9 Å². The van der Waals surface area contributed by atoms with Crippen molar-refractivity contribution in [3.05, 3.63) is 54.6 Å². The molecular formula is C28H36ClN3O4S. The van der Waals surface area contributed by atoms with Gasteiger partial charge in [-0.3, -0.25) is 14.4 Å². The van der Waals surface area contributed by atoms with Gasteiger partial charge < -0.3 is 19.8 Å². The Bertz CT molecular complexity index is 1080. The fraction of sp³-hybridized carbons (Fsp3) is 0.536. The Kier molecular flexibility index (Phi) is 8.12. The van der Waals surface area contributed by atoms with E-state index in [1.165, 1.54) is 4.90 Å². The number of aliphatic hydroxyl groups is 1. The van der Waals surface area contributed by atoms with Gasteiger partial charge in [0.05, 0.1) is 23.2 Å². The van der Waals surface area contributed by atoms with E-state index in [4.69, 9.17) is 11.6 Å². The molecule has 3 fully saturated rings. The zero-order chi connectivity index (χ0) is 27.0. The topological polar surface area (TPSA) is 81.2 Å². The molecular weight excluding hydrogens is 510 g/mol. The molecule has 0 saturated carbocycles. The highest BCUT2D eigenvalue weighted by atomic mass is 35.5. The summed E-state index contributed by atoms with van der Waals surface area (Å²) in [7, 11) is 0. The first kappa shape index (κ1) is 27.7. The Morgan fingerprint density at radius 3 is 2.46 bits per heavy atom. The van der Waals surface area contributed by atoms with Crippen molar-refractivity contribution in [2.45, 2.75) is 48.6 Å². The monoisotopic (exact) mass is 545 g/mol. The first-order valence-electron chi connectivity index (χ1n) is 12.9. The number of benzene rings is 1. The van der Waals surface area contributed by atoms with Crippen LogP contribution in [-0.2, 0) is 14.4 Å². The van der Waals surface area contributed by atoms with Crippen molar-refractivity contribution in [3.8, 4) is 0 Å². The normalized spacial score (nSPS) is 29.8. The maximum Gasteiger partial charge on any atom is 0.251 e. The minimum Gasteiger partial charge on any atom is -0.395 e. The number of nitrogens with zero attached hydrogens (tertiary/aromatic N) is 3. The van der Waals surface area contributed by atoms with Gasteiger partial charge >= 0.3 is 0 Å². The fourth-order valence-electron chi connectivity index (χ4n) is 6.56. The highest BCUT2D eigenvalue weighted by Crippen LogP contribution is 2.71. The number of anilines is 1. The number of rotatable bonds is 11. The smallest absolute Gasteiger partial charge is 0.251 e. The SMILES string of the molecule is C=CCN(CCC)C(=O)[C@H]1[C@H]2C(=O)N(CCO)C(C(=O)N(CC=C)c3ccc(Cl)cc3)C23CC[C@]1(C)S3. The molecule has 5 atom stereocenters. The van der Waals surface area contributed by atoms with Crippen molar-refractivity contribution in [3.63, 3.8) is 0 Å². The largest absolute Gasteiger partial charge is 0.395 e. The number of fused-ring (bicyclic) bond motifs is 1. The number of aliphatic hydroxyl groups excluding tert-OH is 1. The second kappa shape index (κ2) is 10.8. The number of halogens is 1. The summed E-state index contributed by atoms with van der Waals surface area (Å²) in [5, 5.41) is 10.4. The van der Waals surface area contributed by atoms with E-state index < -0.39 is 27.4 Å². The summed E-state index contributed by atoms with van der Waals surface area (Å²) in [5.41, 5.74) is 0.655. The molecule has 0 aromatic heterocycles. The van der Waals surface area contributed by atoms with Crippen LogP contribution in [0.2, 0.25) is 5.02 Å². The predicted octanol–water partition coefficient (Wildman–Crippen LogP) is 3.76. The lowest BCUT2D eigenvalue weighted by atomic mass is 9.66. The van der Waals surface area contributed by atoms with E-state index in [-0.39, 0.29) is 37.4 Å². The number of hydrogen-bond donors (Lipinski definition) is 1. The van der Waals surface area contributed by atoms with Crippen LogP contribution in [0.4, 0.5) is 5.69 Å².